The van der Waals surface area contributed by atoms with Gasteiger partial charge in [-0.3, -0.25) is 0 Å². The Morgan fingerprint density at radius 1 is 1.62 bits per heavy atom. The van der Waals surface area contributed by atoms with Crippen molar-refractivity contribution in [1.82, 2.24) is 9.97 Å². The first-order valence-corrected chi connectivity index (χ1v) is 5.31. The average Bonchev–Trinajstić information content (AvgIpc) is 2.61. The van der Waals surface area contributed by atoms with Crippen molar-refractivity contribution in [2.45, 2.75) is 11.4 Å². The normalized spacial score (nSPS) is 14.2. The minimum atomic E-state index is 0.605. The van der Waals surface area contributed by atoms with Crippen LogP contribution in [0, 0.1) is 0 Å². The second-order valence-electron chi connectivity index (χ2n) is 2.84. The van der Waals surface area contributed by atoms with Gasteiger partial charge in [0.1, 0.15) is 5.03 Å². The van der Waals surface area contributed by atoms with E-state index >= 15 is 0 Å². The monoisotopic (exact) mass is 196 g/mol. The molecule has 0 radical (unpaired) electrons. The molecule has 5 heteroatoms. The molecular formula is C8H12N4S. The molecule has 1 aliphatic rings. The Morgan fingerprint density at radius 3 is 3.38 bits per heavy atom. The van der Waals surface area contributed by atoms with Crippen LogP contribution < -0.4 is 11.1 Å². The van der Waals surface area contributed by atoms with E-state index in [9.17, 15) is 0 Å². The van der Waals surface area contributed by atoms with Gasteiger partial charge in [0.25, 0.3) is 0 Å². The first-order chi connectivity index (χ1) is 6.40. The predicted molar refractivity (Wildman–Crippen MR) is 54.0 cm³/mol. The first-order valence-electron chi connectivity index (χ1n) is 4.33. The van der Waals surface area contributed by atoms with E-state index in [0.29, 0.717) is 12.5 Å². The fourth-order valence-electron chi connectivity index (χ4n) is 1.21. The number of nitrogens with zero attached hydrogens (tertiary/aromatic N) is 2. The van der Waals surface area contributed by atoms with Crippen molar-refractivity contribution in [2.24, 2.45) is 5.73 Å². The Hall–Kier alpha value is -0.810. The average molecular weight is 196 g/mol. The van der Waals surface area contributed by atoms with Crippen LogP contribution in [0.1, 0.15) is 5.56 Å². The molecule has 70 valence electrons. The fraction of sp³-hybridized carbons (Fsp3) is 0.500. The summed E-state index contributed by atoms with van der Waals surface area (Å²) >= 11 is 1.79. The Bertz CT molecular complexity index is 302. The van der Waals surface area contributed by atoms with Gasteiger partial charge in [0.15, 0.2) is 0 Å². The van der Waals surface area contributed by atoms with Crippen LogP contribution in [0.2, 0.25) is 0 Å². The molecule has 2 rings (SSSR count). The molecule has 0 aliphatic carbocycles. The Labute approximate surface area is 81.3 Å². The highest BCUT2D eigenvalue weighted by atomic mass is 32.2. The zero-order valence-corrected chi connectivity index (χ0v) is 8.10. The zero-order valence-electron chi connectivity index (χ0n) is 7.29. The molecular weight excluding hydrogens is 184 g/mol. The predicted octanol–water partition coefficient (Wildman–Crippen LogP) is 0.495. The third-order valence-electron chi connectivity index (χ3n) is 1.86. The number of fused-ring (bicyclic) bond motifs is 1. The van der Waals surface area contributed by atoms with Crippen LogP contribution in [0.4, 0.5) is 5.95 Å². The lowest BCUT2D eigenvalue weighted by atomic mass is 10.3. The summed E-state index contributed by atoms with van der Waals surface area (Å²) in [6, 6.07) is 0. The van der Waals surface area contributed by atoms with Crippen molar-refractivity contribution in [3.8, 4) is 0 Å². The van der Waals surface area contributed by atoms with E-state index in [1.54, 1.807) is 11.8 Å². The highest BCUT2D eigenvalue weighted by Crippen LogP contribution is 2.28. The molecule has 0 unspecified atom stereocenters. The molecule has 0 amide bonds. The Balaban J connectivity index is 2.12. The maximum atomic E-state index is 5.37. The molecule has 0 spiro atoms. The highest BCUT2D eigenvalue weighted by molar-refractivity contribution is 7.99. The van der Waals surface area contributed by atoms with Gasteiger partial charge in [0.2, 0.25) is 5.95 Å². The van der Waals surface area contributed by atoms with Crippen LogP contribution >= 0.6 is 11.8 Å². The second-order valence-corrected chi connectivity index (χ2v) is 3.92. The van der Waals surface area contributed by atoms with E-state index in [4.69, 9.17) is 5.73 Å². The summed E-state index contributed by atoms with van der Waals surface area (Å²) in [5.41, 5.74) is 6.63. The van der Waals surface area contributed by atoms with E-state index in [0.717, 1.165) is 23.7 Å². The van der Waals surface area contributed by atoms with Crippen LogP contribution in [-0.4, -0.2) is 28.8 Å². The molecule has 3 N–H and O–H groups in total. The van der Waals surface area contributed by atoms with Crippen molar-refractivity contribution in [3.05, 3.63) is 11.8 Å². The van der Waals surface area contributed by atoms with Crippen LogP contribution in [0.5, 0.6) is 0 Å². The molecule has 0 bridgehead atoms. The number of aryl methyl sites for hydroxylation is 1. The van der Waals surface area contributed by atoms with E-state index in [1.807, 2.05) is 6.20 Å². The molecule has 0 fully saturated rings. The highest BCUT2D eigenvalue weighted by Gasteiger charge is 2.13. The van der Waals surface area contributed by atoms with Gasteiger partial charge < -0.3 is 11.1 Å². The first kappa shape index (κ1) is 8.77. The van der Waals surface area contributed by atoms with E-state index in [1.165, 1.54) is 5.56 Å². The van der Waals surface area contributed by atoms with Crippen LogP contribution in [0.15, 0.2) is 11.2 Å². The third kappa shape index (κ3) is 1.92. The van der Waals surface area contributed by atoms with Crippen LogP contribution in [0.3, 0.4) is 0 Å². The second kappa shape index (κ2) is 3.93. The van der Waals surface area contributed by atoms with E-state index in [-0.39, 0.29) is 0 Å². The fourth-order valence-corrected chi connectivity index (χ4v) is 2.22. The molecule has 13 heavy (non-hydrogen) atoms. The lowest BCUT2D eigenvalue weighted by Gasteiger charge is -2.03. The standard InChI is InChI=1S/C8H12N4S/c9-2-3-10-8-11-5-6-1-4-13-7(6)12-8/h5H,1-4,9H2,(H,10,11,12). The lowest BCUT2D eigenvalue weighted by Crippen LogP contribution is -2.14. The smallest absolute Gasteiger partial charge is 0.223 e. The number of anilines is 1. The molecule has 0 atom stereocenters. The SMILES string of the molecule is NCCNc1ncc2c(n1)SCC2. The molecule has 2 heterocycles. The maximum absolute atomic E-state index is 5.37. The largest absolute Gasteiger partial charge is 0.353 e. The van der Waals surface area contributed by atoms with E-state index in [2.05, 4.69) is 15.3 Å². The molecule has 4 nitrogen and oxygen atoms in total. The van der Waals surface area contributed by atoms with Crippen molar-refractivity contribution >= 4 is 17.7 Å². The topological polar surface area (TPSA) is 63.8 Å². The van der Waals surface area contributed by atoms with Crippen molar-refractivity contribution in [1.29, 1.82) is 0 Å². The van der Waals surface area contributed by atoms with Gasteiger partial charge in [-0.2, -0.15) is 0 Å². The van der Waals surface area contributed by atoms with Crippen molar-refractivity contribution in [3.63, 3.8) is 0 Å². The van der Waals surface area contributed by atoms with Crippen molar-refractivity contribution in [2.75, 3.05) is 24.2 Å². The van der Waals surface area contributed by atoms with E-state index < -0.39 is 0 Å². The number of nitrogens with two attached hydrogens (primary N) is 1. The summed E-state index contributed by atoms with van der Waals surface area (Å²) in [6.07, 6.45) is 3.00. The summed E-state index contributed by atoms with van der Waals surface area (Å²) in [7, 11) is 0. The van der Waals surface area contributed by atoms with Gasteiger partial charge in [-0.15, -0.1) is 11.8 Å². The molecule has 1 aliphatic heterocycles. The Morgan fingerprint density at radius 2 is 2.54 bits per heavy atom. The molecule has 0 saturated carbocycles. The van der Waals surface area contributed by atoms with Gasteiger partial charge in [0, 0.05) is 30.6 Å². The summed E-state index contributed by atoms with van der Waals surface area (Å²) < 4.78 is 0. The summed E-state index contributed by atoms with van der Waals surface area (Å²) in [5.74, 6) is 1.82. The minimum absolute atomic E-state index is 0.605. The van der Waals surface area contributed by atoms with Crippen LogP contribution in [0.25, 0.3) is 0 Å². The summed E-state index contributed by atoms with van der Waals surface area (Å²) in [5, 5.41) is 4.18. The molecule has 0 saturated heterocycles. The lowest BCUT2D eigenvalue weighted by molar-refractivity contribution is 0.941. The third-order valence-corrected chi connectivity index (χ3v) is 2.90. The van der Waals surface area contributed by atoms with Gasteiger partial charge in [0.05, 0.1) is 0 Å². The van der Waals surface area contributed by atoms with Gasteiger partial charge in [-0.25, -0.2) is 9.97 Å². The number of hydrogen-bond acceptors (Lipinski definition) is 5. The number of rotatable bonds is 3. The number of nitrogens with one attached hydrogen (secondary N) is 1. The Kier molecular flexibility index (Phi) is 2.65. The number of thioether (sulfide) groups is 1. The molecule has 1 aromatic heterocycles. The maximum Gasteiger partial charge on any atom is 0.223 e. The minimum Gasteiger partial charge on any atom is -0.353 e. The van der Waals surface area contributed by atoms with Gasteiger partial charge >= 0.3 is 0 Å². The molecule has 1 aromatic rings. The van der Waals surface area contributed by atoms with Gasteiger partial charge in [-0.05, 0) is 6.42 Å². The number of hydrogen-bond donors (Lipinski definition) is 2. The van der Waals surface area contributed by atoms with Crippen LogP contribution in [-0.2, 0) is 6.42 Å². The van der Waals surface area contributed by atoms with Crippen molar-refractivity contribution < 1.29 is 0 Å². The molecule has 0 aromatic carbocycles. The number of aromatic nitrogens is 2. The summed E-state index contributed by atoms with van der Waals surface area (Å²) in [4.78, 5) is 8.57. The quantitative estimate of drug-likeness (QED) is 0.689. The van der Waals surface area contributed by atoms with Gasteiger partial charge in [-0.1, -0.05) is 0 Å². The summed E-state index contributed by atoms with van der Waals surface area (Å²) in [6.45, 7) is 1.33. The zero-order chi connectivity index (χ0) is 9.10.